The molecule has 0 bridgehead atoms. The van der Waals surface area contributed by atoms with E-state index < -0.39 is 32.2 Å². The first-order valence-electron chi connectivity index (χ1n) is 12.1. The zero-order valence-electron chi connectivity index (χ0n) is 20.5. The van der Waals surface area contributed by atoms with Crippen LogP contribution in [-0.4, -0.2) is 67.8 Å². The van der Waals surface area contributed by atoms with Gasteiger partial charge < -0.3 is 15.0 Å². The van der Waals surface area contributed by atoms with Crippen LogP contribution in [0.1, 0.15) is 37.8 Å². The Balaban J connectivity index is 1.47. The lowest BCUT2D eigenvalue weighted by atomic mass is 9.99. The summed E-state index contributed by atoms with van der Waals surface area (Å²) in [5.41, 5.74) is -0.837. The molecule has 198 valence electrons. The number of methoxy groups -OCH3 is 1. The summed E-state index contributed by atoms with van der Waals surface area (Å²) in [6.45, 7) is -0.122. The molecule has 1 saturated heterocycles. The Labute approximate surface area is 225 Å². The largest absolute Gasteiger partial charge is 0.497 e. The molecule has 0 radical (unpaired) electrons. The first-order chi connectivity index (χ1) is 17.5. The van der Waals surface area contributed by atoms with Crippen LogP contribution in [0.3, 0.4) is 0 Å². The highest BCUT2D eigenvalue weighted by molar-refractivity contribution is 7.92. The third-order valence-electron chi connectivity index (χ3n) is 7.68. The number of hydrogen-bond acceptors (Lipinski definition) is 7. The van der Waals surface area contributed by atoms with Crippen molar-refractivity contribution in [2.45, 2.75) is 59.4 Å². The van der Waals surface area contributed by atoms with E-state index in [4.69, 9.17) is 27.9 Å². The number of ether oxygens (including phenoxy) is 1. The fraction of sp³-hybridized carbons (Fsp3) is 0.480. The normalized spacial score (nSPS) is 23.4. The quantitative estimate of drug-likeness (QED) is 0.471. The maximum Gasteiger partial charge on any atom is 0.244 e. The van der Waals surface area contributed by atoms with Crippen molar-refractivity contribution in [2.24, 2.45) is 0 Å². The number of nitrogens with one attached hydrogen (secondary N) is 2. The van der Waals surface area contributed by atoms with Crippen LogP contribution in [0.25, 0.3) is 0 Å². The van der Waals surface area contributed by atoms with Gasteiger partial charge in [-0.15, -0.1) is 0 Å². The van der Waals surface area contributed by atoms with Crippen molar-refractivity contribution in [3.8, 4) is 5.75 Å². The lowest BCUT2D eigenvalue weighted by Gasteiger charge is -2.29. The fourth-order valence-electron chi connectivity index (χ4n) is 5.03. The molecule has 1 aromatic carbocycles. The van der Waals surface area contributed by atoms with Gasteiger partial charge >= 0.3 is 0 Å². The third kappa shape index (κ3) is 4.69. The van der Waals surface area contributed by atoms with E-state index in [-0.39, 0.29) is 34.7 Å². The van der Waals surface area contributed by atoms with Crippen molar-refractivity contribution < 1.29 is 22.7 Å². The summed E-state index contributed by atoms with van der Waals surface area (Å²) in [7, 11) is -0.744. The molecule has 2 N–H and O–H groups in total. The number of pyridine rings is 1. The number of likely N-dealkylation sites (tertiary alicyclic amines) is 1. The summed E-state index contributed by atoms with van der Waals surface area (Å²) < 4.78 is 32.5. The molecule has 2 saturated carbocycles. The first kappa shape index (κ1) is 26.2. The Morgan fingerprint density at radius 1 is 1.14 bits per heavy atom. The second-order valence-corrected chi connectivity index (χ2v) is 13.0. The Bertz CT molecular complexity index is 1340. The SMILES string of the molecule is CNC1(NC(=O)[C@@H]2C[C@@H](S(=O)(=O)c3ccc(OC)cc3Cl)CN2C(=O)C2(c3ccc(Cl)cn3)CC2)CC1. The molecule has 3 aliphatic rings. The van der Waals surface area contributed by atoms with Gasteiger partial charge in [0.1, 0.15) is 11.8 Å². The molecule has 9 nitrogen and oxygen atoms in total. The zero-order valence-corrected chi connectivity index (χ0v) is 22.8. The second-order valence-electron chi connectivity index (χ2n) is 9.94. The van der Waals surface area contributed by atoms with E-state index in [1.165, 1.54) is 36.4 Å². The van der Waals surface area contributed by atoms with E-state index in [1.807, 2.05) is 0 Å². The molecule has 0 spiro atoms. The van der Waals surface area contributed by atoms with Crippen LogP contribution in [0.2, 0.25) is 10.0 Å². The number of benzene rings is 1. The van der Waals surface area contributed by atoms with Crippen molar-refractivity contribution >= 4 is 44.9 Å². The standard InChI is InChI=1S/C25H28Cl2N4O5S/c1-28-25(9-10-25)30-22(32)19-12-17(37(34,35)20-5-4-16(36-2)11-18(20)27)14-31(19)23(33)24(7-8-24)21-6-3-15(26)13-29-21/h3-6,11,13,17,19,28H,7-10,12,14H2,1-2H3,(H,30,32)/t17-,19+/m1/s1. The summed E-state index contributed by atoms with van der Waals surface area (Å²) >= 11 is 12.3. The molecule has 2 heterocycles. The molecule has 5 rings (SSSR count). The molecule has 12 heteroatoms. The van der Waals surface area contributed by atoms with Gasteiger partial charge in [0.05, 0.1) is 44.1 Å². The highest BCUT2D eigenvalue weighted by Gasteiger charge is 2.58. The number of amides is 2. The van der Waals surface area contributed by atoms with E-state index in [1.54, 1.807) is 19.2 Å². The summed E-state index contributed by atoms with van der Waals surface area (Å²) in [5.74, 6) is -0.244. The minimum Gasteiger partial charge on any atom is -0.497 e. The Morgan fingerprint density at radius 2 is 1.86 bits per heavy atom. The Hall–Kier alpha value is -2.40. The van der Waals surface area contributed by atoms with E-state index in [9.17, 15) is 18.0 Å². The number of nitrogens with zero attached hydrogens (tertiary/aromatic N) is 2. The van der Waals surface area contributed by atoms with Crippen molar-refractivity contribution in [3.63, 3.8) is 0 Å². The summed E-state index contributed by atoms with van der Waals surface area (Å²) in [5, 5.41) is 5.57. The first-order valence-corrected chi connectivity index (χ1v) is 14.4. The van der Waals surface area contributed by atoms with Crippen LogP contribution < -0.4 is 15.4 Å². The van der Waals surface area contributed by atoms with Crippen molar-refractivity contribution in [3.05, 3.63) is 52.3 Å². The Kier molecular flexibility index (Phi) is 6.67. The third-order valence-corrected chi connectivity index (χ3v) is 10.5. The number of carbonyl (C=O) groups is 2. The molecule has 0 unspecified atom stereocenters. The monoisotopic (exact) mass is 566 g/mol. The molecule has 37 heavy (non-hydrogen) atoms. The zero-order chi connectivity index (χ0) is 26.6. The number of halogens is 2. The highest BCUT2D eigenvalue weighted by atomic mass is 35.5. The van der Waals surface area contributed by atoms with Gasteiger partial charge in [0, 0.05) is 18.8 Å². The van der Waals surface area contributed by atoms with E-state index in [0.717, 1.165) is 12.8 Å². The smallest absolute Gasteiger partial charge is 0.244 e. The van der Waals surface area contributed by atoms with Crippen molar-refractivity contribution in [2.75, 3.05) is 20.7 Å². The summed E-state index contributed by atoms with van der Waals surface area (Å²) in [4.78, 5) is 33.1. The lowest BCUT2D eigenvalue weighted by molar-refractivity contribution is -0.141. The van der Waals surface area contributed by atoms with Gasteiger partial charge in [-0.25, -0.2) is 8.42 Å². The number of hydrogen-bond donors (Lipinski definition) is 2. The van der Waals surface area contributed by atoms with Crippen LogP contribution >= 0.6 is 23.2 Å². The molecular formula is C25H28Cl2N4O5S. The summed E-state index contributed by atoms with van der Waals surface area (Å²) in [6, 6.07) is 6.80. The average molecular weight is 567 g/mol. The molecular weight excluding hydrogens is 539 g/mol. The van der Waals surface area contributed by atoms with Crippen LogP contribution in [-0.2, 0) is 24.8 Å². The van der Waals surface area contributed by atoms with E-state index in [0.29, 0.717) is 29.3 Å². The molecule has 2 atom stereocenters. The fourth-order valence-corrected chi connectivity index (χ4v) is 7.38. The van der Waals surface area contributed by atoms with Crippen molar-refractivity contribution in [1.82, 2.24) is 20.5 Å². The van der Waals surface area contributed by atoms with Gasteiger partial charge in [-0.2, -0.15) is 0 Å². The maximum absolute atomic E-state index is 14.0. The number of aromatic nitrogens is 1. The average Bonchev–Trinajstić information content (AvgIpc) is 3.80. The predicted molar refractivity (Wildman–Crippen MR) is 138 cm³/mol. The van der Waals surface area contributed by atoms with Crippen LogP contribution in [0, 0.1) is 0 Å². The molecule has 1 aromatic heterocycles. The lowest BCUT2D eigenvalue weighted by Crippen LogP contribution is -2.55. The molecule has 2 amide bonds. The second kappa shape index (κ2) is 9.41. The summed E-state index contributed by atoms with van der Waals surface area (Å²) in [6.07, 6.45) is 4.10. The van der Waals surface area contributed by atoms with Crippen molar-refractivity contribution in [1.29, 1.82) is 0 Å². The number of sulfone groups is 1. The van der Waals surface area contributed by atoms with Gasteiger partial charge in [-0.1, -0.05) is 23.2 Å². The molecule has 2 aliphatic carbocycles. The van der Waals surface area contributed by atoms with Gasteiger partial charge in [-0.3, -0.25) is 19.9 Å². The topological polar surface area (TPSA) is 118 Å². The van der Waals surface area contributed by atoms with Crippen LogP contribution in [0.4, 0.5) is 0 Å². The maximum atomic E-state index is 14.0. The van der Waals surface area contributed by atoms with Gasteiger partial charge in [0.15, 0.2) is 9.84 Å². The van der Waals surface area contributed by atoms with Crippen LogP contribution in [0.5, 0.6) is 5.75 Å². The molecule has 3 fully saturated rings. The van der Waals surface area contributed by atoms with E-state index in [2.05, 4.69) is 15.6 Å². The van der Waals surface area contributed by atoms with Gasteiger partial charge in [0.25, 0.3) is 0 Å². The predicted octanol–water partition coefficient (Wildman–Crippen LogP) is 2.70. The van der Waals surface area contributed by atoms with E-state index >= 15 is 0 Å². The molecule has 2 aromatic rings. The Morgan fingerprint density at radius 3 is 2.41 bits per heavy atom. The minimum absolute atomic E-state index is 0.0290. The molecule has 1 aliphatic heterocycles. The van der Waals surface area contributed by atoms with Crippen LogP contribution in [0.15, 0.2) is 41.4 Å². The number of rotatable bonds is 8. The highest BCUT2D eigenvalue weighted by Crippen LogP contribution is 2.50. The number of carbonyl (C=O) groups excluding carboxylic acids is 2. The van der Waals surface area contributed by atoms with Gasteiger partial charge in [0.2, 0.25) is 11.8 Å². The minimum atomic E-state index is -3.97. The van der Waals surface area contributed by atoms with Gasteiger partial charge in [-0.05, 0) is 63.4 Å².